The van der Waals surface area contributed by atoms with E-state index in [0.29, 0.717) is 12.4 Å². The summed E-state index contributed by atoms with van der Waals surface area (Å²) in [6.07, 6.45) is 3.13. The molecule has 0 unspecified atom stereocenters. The number of hydrogen-bond donors (Lipinski definition) is 0. The number of rotatable bonds is 5. The second-order valence-electron chi connectivity index (χ2n) is 6.32. The third-order valence-corrected chi connectivity index (χ3v) is 3.51. The Morgan fingerprint density at radius 1 is 1.12 bits per heavy atom. The summed E-state index contributed by atoms with van der Waals surface area (Å²) in [6, 6.07) is 15.6. The number of ether oxygens (including phenoxy) is 2. The molecule has 2 aromatic rings. The van der Waals surface area contributed by atoms with Gasteiger partial charge in [-0.2, -0.15) is 0 Å². The summed E-state index contributed by atoms with van der Waals surface area (Å²) in [5.74, 6) is 0.326. The fourth-order valence-corrected chi connectivity index (χ4v) is 2.34. The minimum absolute atomic E-state index is 0.376. The van der Waals surface area contributed by atoms with Gasteiger partial charge in [0.15, 0.2) is 0 Å². The molecule has 0 aliphatic carbocycles. The van der Waals surface area contributed by atoms with Gasteiger partial charge in [-0.1, -0.05) is 52.3 Å². The van der Waals surface area contributed by atoms with Crippen LogP contribution in [0.5, 0.6) is 5.75 Å². The zero-order chi connectivity index (χ0) is 17.6. The van der Waals surface area contributed by atoms with Gasteiger partial charge in [0.1, 0.15) is 18.0 Å². The van der Waals surface area contributed by atoms with E-state index in [1.54, 1.807) is 6.08 Å². The summed E-state index contributed by atoms with van der Waals surface area (Å²) in [6.45, 7) is 5.98. The zero-order valence-corrected chi connectivity index (χ0v) is 15.7. The van der Waals surface area contributed by atoms with Gasteiger partial charge in [-0.25, -0.2) is 4.79 Å². The lowest BCUT2D eigenvalue weighted by molar-refractivity contribution is -0.148. The van der Waals surface area contributed by atoms with Crippen LogP contribution >= 0.6 is 15.9 Å². The van der Waals surface area contributed by atoms with Crippen LogP contribution in [0.2, 0.25) is 0 Å². The predicted octanol–water partition coefficient (Wildman–Crippen LogP) is 5.38. The van der Waals surface area contributed by atoms with Crippen LogP contribution in [0.3, 0.4) is 0 Å². The number of carbonyl (C=O) groups excluding carboxylic acids is 1. The average molecular weight is 389 g/mol. The Morgan fingerprint density at radius 2 is 1.83 bits per heavy atom. The van der Waals surface area contributed by atoms with Crippen LogP contribution in [-0.4, -0.2) is 11.6 Å². The molecule has 0 aromatic heterocycles. The first-order chi connectivity index (χ1) is 11.3. The number of hydrogen-bond acceptors (Lipinski definition) is 3. The van der Waals surface area contributed by atoms with Crippen LogP contribution in [0.25, 0.3) is 6.08 Å². The van der Waals surface area contributed by atoms with Gasteiger partial charge in [-0.3, -0.25) is 0 Å². The van der Waals surface area contributed by atoms with Gasteiger partial charge in [0.25, 0.3) is 0 Å². The highest BCUT2D eigenvalue weighted by Gasteiger charge is 2.14. The smallest absolute Gasteiger partial charge is 0.331 e. The second kappa shape index (κ2) is 8.15. The molecule has 0 saturated carbocycles. The summed E-state index contributed by atoms with van der Waals surface area (Å²) >= 11 is 3.45. The summed E-state index contributed by atoms with van der Waals surface area (Å²) in [7, 11) is 0. The van der Waals surface area contributed by atoms with Gasteiger partial charge in [-0.15, -0.1) is 0 Å². The van der Waals surface area contributed by atoms with Crippen molar-refractivity contribution in [2.75, 3.05) is 0 Å². The van der Waals surface area contributed by atoms with Crippen molar-refractivity contribution in [1.82, 2.24) is 0 Å². The maximum absolute atomic E-state index is 11.8. The van der Waals surface area contributed by atoms with Gasteiger partial charge in [0.05, 0.1) is 0 Å². The van der Waals surface area contributed by atoms with Crippen molar-refractivity contribution >= 4 is 28.0 Å². The predicted molar refractivity (Wildman–Crippen MR) is 99.8 cm³/mol. The SMILES string of the molecule is CC(C)(C)OC(=O)C=Cc1ccc(Br)cc1OCc1ccccc1. The summed E-state index contributed by atoms with van der Waals surface area (Å²) in [5, 5.41) is 0. The average Bonchev–Trinajstić information content (AvgIpc) is 2.51. The highest BCUT2D eigenvalue weighted by atomic mass is 79.9. The summed E-state index contributed by atoms with van der Waals surface area (Å²) in [4.78, 5) is 11.8. The van der Waals surface area contributed by atoms with Crippen molar-refractivity contribution in [3.8, 4) is 5.75 Å². The minimum Gasteiger partial charge on any atom is -0.488 e. The third-order valence-electron chi connectivity index (χ3n) is 3.02. The molecule has 0 radical (unpaired) electrons. The molecule has 0 amide bonds. The van der Waals surface area contributed by atoms with E-state index in [4.69, 9.17) is 9.47 Å². The standard InChI is InChI=1S/C20H21BrO3/c1-20(2,3)24-19(22)12-10-16-9-11-17(21)13-18(16)23-14-15-7-5-4-6-8-15/h4-13H,14H2,1-3H3. The normalized spacial score (nSPS) is 11.5. The van der Waals surface area contributed by atoms with Crippen molar-refractivity contribution in [3.63, 3.8) is 0 Å². The van der Waals surface area contributed by atoms with Gasteiger partial charge >= 0.3 is 5.97 Å². The fourth-order valence-electron chi connectivity index (χ4n) is 2.00. The molecule has 0 heterocycles. The first-order valence-corrected chi connectivity index (χ1v) is 8.50. The van der Waals surface area contributed by atoms with E-state index in [-0.39, 0.29) is 5.97 Å². The van der Waals surface area contributed by atoms with E-state index in [9.17, 15) is 4.79 Å². The molecule has 0 saturated heterocycles. The lowest BCUT2D eigenvalue weighted by Gasteiger charge is -2.18. The van der Waals surface area contributed by atoms with Crippen LogP contribution in [0, 0.1) is 0 Å². The van der Waals surface area contributed by atoms with Crippen molar-refractivity contribution < 1.29 is 14.3 Å². The van der Waals surface area contributed by atoms with Gasteiger partial charge in [0, 0.05) is 16.1 Å². The van der Waals surface area contributed by atoms with Gasteiger partial charge in [-0.05, 0) is 44.5 Å². The van der Waals surface area contributed by atoms with Crippen LogP contribution < -0.4 is 4.74 Å². The maximum atomic E-state index is 11.8. The topological polar surface area (TPSA) is 35.5 Å². The third kappa shape index (κ3) is 6.20. The minimum atomic E-state index is -0.506. The molecule has 0 spiro atoms. The van der Waals surface area contributed by atoms with Crippen molar-refractivity contribution in [3.05, 3.63) is 70.2 Å². The Morgan fingerprint density at radius 3 is 2.50 bits per heavy atom. The molecular weight excluding hydrogens is 368 g/mol. The first-order valence-electron chi connectivity index (χ1n) is 7.71. The molecule has 0 aliphatic heterocycles. The molecule has 2 aromatic carbocycles. The Balaban J connectivity index is 2.11. The van der Waals surface area contributed by atoms with Crippen LogP contribution in [0.4, 0.5) is 0 Å². The molecule has 3 nitrogen and oxygen atoms in total. The Hall–Kier alpha value is -2.07. The van der Waals surface area contributed by atoms with Gasteiger partial charge < -0.3 is 9.47 Å². The molecule has 0 fully saturated rings. The molecule has 0 atom stereocenters. The largest absolute Gasteiger partial charge is 0.488 e. The van der Waals surface area contributed by atoms with E-state index in [0.717, 1.165) is 15.6 Å². The Labute approximate surface area is 151 Å². The van der Waals surface area contributed by atoms with E-state index in [2.05, 4.69) is 15.9 Å². The van der Waals surface area contributed by atoms with Crippen molar-refractivity contribution in [2.45, 2.75) is 33.0 Å². The zero-order valence-electron chi connectivity index (χ0n) is 14.1. The van der Waals surface area contributed by atoms with Crippen LogP contribution in [-0.2, 0) is 16.1 Å². The number of carbonyl (C=O) groups is 1. The quantitative estimate of drug-likeness (QED) is 0.509. The van der Waals surface area contributed by atoms with E-state index in [1.807, 2.05) is 69.3 Å². The molecule has 4 heteroatoms. The van der Waals surface area contributed by atoms with Crippen LogP contribution in [0.15, 0.2) is 59.1 Å². The van der Waals surface area contributed by atoms with E-state index < -0.39 is 5.60 Å². The molecule has 2 rings (SSSR count). The van der Waals surface area contributed by atoms with E-state index in [1.165, 1.54) is 6.08 Å². The second-order valence-corrected chi connectivity index (χ2v) is 7.24. The highest BCUT2D eigenvalue weighted by Crippen LogP contribution is 2.26. The van der Waals surface area contributed by atoms with Crippen molar-refractivity contribution in [1.29, 1.82) is 0 Å². The molecule has 24 heavy (non-hydrogen) atoms. The van der Waals surface area contributed by atoms with E-state index >= 15 is 0 Å². The fraction of sp³-hybridized carbons (Fsp3) is 0.250. The summed E-state index contributed by atoms with van der Waals surface area (Å²) < 4.78 is 12.1. The van der Waals surface area contributed by atoms with Crippen LogP contribution in [0.1, 0.15) is 31.9 Å². The number of halogens is 1. The number of benzene rings is 2. The number of esters is 1. The molecule has 126 valence electrons. The van der Waals surface area contributed by atoms with Gasteiger partial charge in [0.2, 0.25) is 0 Å². The molecule has 0 N–H and O–H groups in total. The summed E-state index contributed by atoms with van der Waals surface area (Å²) in [5.41, 5.74) is 1.40. The molecule has 0 aliphatic rings. The monoisotopic (exact) mass is 388 g/mol. The maximum Gasteiger partial charge on any atom is 0.331 e. The Kier molecular flexibility index (Phi) is 6.21. The highest BCUT2D eigenvalue weighted by molar-refractivity contribution is 9.10. The molecular formula is C20H21BrO3. The van der Waals surface area contributed by atoms with Crippen molar-refractivity contribution in [2.24, 2.45) is 0 Å². The lowest BCUT2D eigenvalue weighted by atomic mass is 10.1. The Bertz CT molecular complexity index is 715. The first kappa shape index (κ1) is 18.3. The lowest BCUT2D eigenvalue weighted by Crippen LogP contribution is -2.22. The molecule has 0 bridgehead atoms.